The summed E-state index contributed by atoms with van der Waals surface area (Å²) in [6.45, 7) is 2.91. The van der Waals surface area contributed by atoms with Crippen LogP contribution in [0, 0.1) is 0 Å². The number of hydrogen-bond donors (Lipinski definition) is 0. The van der Waals surface area contributed by atoms with Gasteiger partial charge in [0.05, 0.1) is 19.6 Å². The SMILES string of the molecule is CCOc1cccc(/C=C2/N=C(CCOc3ccccc3)OC2=O)c1. The highest BCUT2D eigenvalue weighted by atomic mass is 16.6. The number of ether oxygens (including phenoxy) is 3. The van der Waals surface area contributed by atoms with Crippen molar-refractivity contribution in [2.75, 3.05) is 13.2 Å². The van der Waals surface area contributed by atoms with Crippen LogP contribution in [0.4, 0.5) is 0 Å². The maximum Gasteiger partial charge on any atom is 0.363 e. The van der Waals surface area contributed by atoms with E-state index in [-0.39, 0.29) is 5.70 Å². The summed E-state index contributed by atoms with van der Waals surface area (Å²) in [6.07, 6.45) is 2.12. The second kappa shape index (κ2) is 8.15. The molecule has 0 fully saturated rings. The highest BCUT2D eigenvalue weighted by molar-refractivity contribution is 6.07. The summed E-state index contributed by atoms with van der Waals surface area (Å²) in [7, 11) is 0. The average Bonchev–Trinajstić information content (AvgIpc) is 2.96. The number of esters is 1. The molecule has 0 unspecified atom stereocenters. The van der Waals surface area contributed by atoms with Crippen LogP contribution in [0.25, 0.3) is 6.08 Å². The molecule has 25 heavy (non-hydrogen) atoms. The largest absolute Gasteiger partial charge is 0.494 e. The van der Waals surface area contributed by atoms with Crippen LogP contribution < -0.4 is 9.47 Å². The van der Waals surface area contributed by atoms with Crippen LogP contribution >= 0.6 is 0 Å². The summed E-state index contributed by atoms with van der Waals surface area (Å²) in [5, 5.41) is 0. The maximum absolute atomic E-state index is 12.0. The van der Waals surface area contributed by atoms with Crippen molar-refractivity contribution < 1.29 is 19.0 Å². The van der Waals surface area contributed by atoms with Crippen LogP contribution in [-0.2, 0) is 9.53 Å². The Morgan fingerprint density at radius 2 is 1.84 bits per heavy atom. The van der Waals surface area contributed by atoms with Crippen molar-refractivity contribution in [1.29, 1.82) is 0 Å². The second-order valence-electron chi connectivity index (χ2n) is 5.34. The van der Waals surface area contributed by atoms with E-state index in [1.165, 1.54) is 0 Å². The molecular formula is C20H19NO4. The lowest BCUT2D eigenvalue weighted by Crippen LogP contribution is -2.08. The molecule has 1 aliphatic heterocycles. The third-order valence-electron chi connectivity index (χ3n) is 3.47. The molecule has 128 valence electrons. The van der Waals surface area contributed by atoms with Gasteiger partial charge in [-0.15, -0.1) is 0 Å². The Bertz CT molecular complexity index is 796. The van der Waals surface area contributed by atoms with E-state index in [4.69, 9.17) is 14.2 Å². The van der Waals surface area contributed by atoms with Crippen LogP contribution in [-0.4, -0.2) is 25.1 Å². The average molecular weight is 337 g/mol. The lowest BCUT2D eigenvalue weighted by molar-refractivity contribution is -0.130. The van der Waals surface area contributed by atoms with Gasteiger partial charge in [-0.25, -0.2) is 9.79 Å². The maximum atomic E-state index is 12.0. The fraction of sp³-hybridized carbons (Fsp3) is 0.200. The molecule has 3 rings (SSSR count). The van der Waals surface area contributed by atoms with Gasteiger partial charge in [-0.2, -0.15) is 0 Å². The monoisotopic (exact) mass is 337 g/mol. The predicted octanol–water partition coefficient (Wildman–Crippen LogP) is 3.85. The van der Waals surface area contributed by atoms with Crippen LogP contribution in [0.2, 0.25) is 0 Å². The Hall–Kier alpha value is -3.08. The van der Waals surface area contributed by atoms with Gasteiger partial charge in [0.1, 0.15) is 11.5 Å². The summed E-state index contributed by atoms with van der Waals surface area (Å²) in [4.78, 5) is 16.2. The van der Waals surface area contributed by atoms with Gasteiger partial charge >= 0.3 is 5.97 Å². The molecule has 5 nitrogen and oxygen atoms in total. The molecule has 0 bridgehead atoms. The zero-order chi connectivity index (χ0) is 17.5. The van der Waals surface area contributed by atoms with E-state index in [0.29, 0.717) is 25.5 Å². The number of rotatable bonds is 7. The minimum absolute atomic E-state index is 0.281. The summed E-state index contributed by atoms with van der Waals surface area (Å²) >= 11 is 0. The number of carbonyl (C=O) groups excluding carboxylic acids is 1. The van der Waals surface area contributed by atoms with E-state index < -0.39 is 5.97 Å². The topological polar surface area (TPSA) is 57.1 Å². The van der Waals surface area contributed by atoms with Gasteiger partial charge in [-0.3, -0.25) is 0 Å². The van der Waals surface area contributed by atoms with Gasteiger partial charge < -0.3 is 14.2 Å². The van der Waals surface area contributed by atoms with E-state index >= 15 is 0 Å². The van der Waals surface area contributed by atoms with Gasteiger partial charge in [0.15, 0.2) is 5.70 Å². The molecule has 0 amide bonds. The van der Waals surface area contributed by atoms with Gasteiger partial charge in [-0.05, 0) is 42.8 Å². The summed E-state index contributed by atoms with van der Waals surface area (Å²) < 4.78 is 16.2. The zero-order valence-corrected chi connectivity index (χ0v) is 14.0. The minimum atomic E-state index is -0.448. The minimum Gasteiger partial charge on any atom is -0.494 e. The molecule has 1 aliphatic rings. The standard InChI is InChI=1S/C20H19NO4/c1-2-23-17-10-6-7-15(13-17)14-18-20(22)25-19(21-18)11-12-24-16-8-4-3-5-9-16/h3-10,13-14H,2,11-12H2,1H3/b18-14+. The quantitative estimate of drug-likeness (QED) is 0.569. The van der Waals surface area contributed by atoms with Crippen molar-refractivity contribution in [1.82, 2.24) is 0 Å². The Kier molecular flexibility index (Phi) is 5.46. The highest BCUT2D eigenvalue weighted by Crippen LogP contribution is 2.20. The lowest BCUT2D eigenvalue weighted by atomic mass is 10.2. The van der Waals surface area contributed by atoms with Crippen LogP contribution in [0.3, 0.4) is 0 Å². The smallest absolute Gasteiger partial charge is 0.363 e. The van der Waals surface area contributed by atoms with E-state index in [2.05, 4.69) is 4.99 Å². The van der Waals surface area contributed by atoms with Gasteiger partial charge in [0.25, 0.3) is 0 Å². The molecule has 2 aromatic carbocycles. The van der Waals surface area contributed by atoms with Crippen molar-refractivity contribution >= 4 is 17.9 Å². The first-order valence-electron chi connectivity index (χ1n) is 8.17. The number of nitrogens with zero attached hydrogens (tertiary/aromatic N) is 1. The van der Waals surface area contributed by atoms with E-state index in [1.807, 2.05) is 61.5 Å². The van der Waals surface area contributed by atoms with Gasteiger partial charge in [0, 0.05) is 0 Å². The number of hydrogen-bond acceptors (Lipinski definition) is 5. The first kappa shape index (κ1) is 16.8. The van der Waals surface area contributed by atoms with E-state index in [1.54, 1.807) is 6.08 Å². The number of aliphatic imine (C=N–C) groups is 1. The van der Waals surface area contributed by atoms with E-state index in [0.717, 1.165) is 17.1 Å². The van der Waals surface area contributed by atoms with Crippen molar-refractivity contribution in [2.45, 2.75) is 13.3 Å². The molecule has 0 spiro atoms. The van der Waals surface area contributed by atoms with Gasteiger partial charge in [-0.1, -0.05) is 30.3 Å². The Balaban J connectivity index is 1.62. The first-order chi connectivity index (χ1) is 12.2. The van der Waals surface area contributed by atoms with Crippen molar-refractivity contribution in [2.24, 2.45) is 4.99 Å². The highest BCUT2D eigenvalue weighted by Gasteiger charge is 2.22. The molecule has 1 heterocycles. The molecule has 2 aromatic rings. The van der Waals surface area contributed by atoms with Crippen LogP contribution in [0.1, 0.15) is 18.9 Å². The number of benzene rings is 2. The third kappa shape index (κ3) is 4.70. The molecule has 0 atom stereocenters. The van der Waals surface area contributed by atoms with Crippen molar-refractivity contribution in [3.05, 3.63) is 65.9 Å². The lowest BCUT2D eigenvalue weighted by Gasteiger charge is -2.04. The predicted molar refractivity (Wildman–Crippen MR) is 95.7 cm³/mol. The fourth-order valence-electron chi connectivity index (χ4n) is 2.35. The number of cyclic esters (lactones) is 1. The zero-order valence-electron chi connectivity index (χ0n) is 14.0. The molecule has 0 N–H and O–H groups in total. The summed E-state index contributed by atoms with van der Waals surface area (Å²) in [5.74, 6) is 1.45. The summed E-state index contributed by atoms with van der Waals surface area (Å²) in [6, 6.07) is 17.0. The van der Waals surface area contributed by atoms with Crippen molar-refractivity contribution in [3.63, 3.8) is 0 Å². The van der Waals surface area contributed by atoms with Gasteiger partial charge in [0.2, 0.25) is 5.90 Å². The second-order valence-corrected chi connectivity index (χ2v) is 5.34. The molecule has 0 aliphatic carbocycles. The molecular weight excluding hydrogens is 318 g/mol. The number of para-hydroxylation sites is 1. The Morgan fingerprint density at radius 1 is 1.04 bits per heavy atom. The third-order valence-corrected chi connectivity index (χ3v) is 3.47. The van der Waals surface area contributed by atoms with E-state index in [9.17, 15) is 4.79 Å². The summed E-state index contributed by atoms with van der Waals surface area (Å²) in [5.41, 5.74) is 1.12. The molecule has 0 saturated carbocycles. The normalized spacial score (nSPS) is 15.0. The molecule has 0 aromatic heterocycles. The number of carbonyl (C=O) groups is 1. The van der Waals surface area contributed by atoms with Crippen LogP contribution in [0.15, 0.2) is 65.3 Å². The molecule has 5 heteroatoms. The molecule has 0 saturated heterocycles. The van der Waals surface area contributed by atoms with Crippen molar-refractivity contribution in [3.8, 4) is 11.5 Å². The Morgan fingerprint density at radius 3 is 2.64 bits per heavy atom. The Labute approximate surface area is 146 Å². The van der Waals surface area contributed by atoms with Crippen LogP contribution in [0.5, 0.6) is 11.5 Å². The first-order valence-corrected chi connectivity index (χ1v) is 8.17. The molecule has 0 radical (unpaired) electrons. The fourth-order valence-corrected chi connectivity index (χ4v) is 2.35.